The Morgan fingerprint density at radius 3 is 2.65 bits per heavy atom. The number of hydrogen-bond acceptors (Lipinski definition) is 2. The van der Waals surface area contributed by atoms with Crippen LogP contribution in [0.1, 0.15) is 56.8 Å². The molecule has 0 saturated heterocycles. The van der Waals surface area contributed by atoms with Gasteiger partial charge in [0.1, 0.15) is 5.82 Å². The van der Waals surface area contributed by atoms with Gasteiger partial charge in [-0.15, -0.1) is 0 Å². The number of nitrogens with zero attached hydrogens (tertiary/aromatic N) is 1. The van der Waals surface area contributed by atoms with Crippen molar-refractivity contribution >= 4 is 5.78 Å². The molecule has 0 N–H and O–H groups in total. The van der Waals surface area contributed by atoms with E-state index in [1.807, 2.05) is 0 Å². The van der Waals surface area contributed by atoms with E-state index in [1.165, 1.54) is 12.1 Å². The van der Waals surface area contributed by atoms with Crippen LogP contribution in [0, 0.1) is 5.82 Å². The lowest BCUT2D eigenvalue weighted by molar-refractivity contribution is 0.0950. The molecule has 0 aliphatic rings. The first-order valence-corrected chi connectivity index (χ1v) is 7.61. The molecular weight excluding hydrogens is 253 g/mol. The normalized spacial score (nSPS) is 12.7. The first kappa shape index (κ1) is 16.8. The number of rotatable bonds is 9. The number of ketones is 1. The van der Waals surface area contributed by atoms with Crippen LogP contribution in [-0.4, -0.2) is 29.8 Å². The zero-order valence-electron chi connectivity index (χ0n) is 12.9. The van der Waals surface area contributed by atoms with Crippen molar-refractivity contribution in [1.29, 1.82) is 0 Å². The standard InChI is InChI=1S/C17H26FNO/c1-4-6-11-19(14(3)5-2)12-10-17(20)15-8-7-9-16(18)13-15/h7-9,13-14H,4-6,10-12H2,1-3H3. The first-order chi connectivity index (χ1) is 9.58. The van der Waals surface area contributed by atoms with Gasteiger partial charge in [0.25, 0.3) is 0 Å². The number of carbonyl (C=O) groups excluding carboxylic acids is 1. The Kier molecular flexibility index (Phi) is 7.45. The highest BCUT2D eigenvalue weighted by Gasteiger charge is 2.14. The number of halogens is 1. The van der Waals surface area contributed by atoms with Gasteiger partial charge in [-0.1, -0.05) is 32.4 Å². The van der Waals surface area contributed by atoms with Crippen molar-refractivity contribution < 1.29 is 9.18 Å². The number of benzene rings is 1. The molecule has 0 spiro atoms. The van der Waals surface area contributed by atoms with Gasteiger partial charge in [0.2, 0.25) is 0 Å². The van der Waals surface area contributed by atoms with Crippen molar-refractivity contribution in [3.05, 3.63) is 35.6 Å². The van der Waals surface area contributed by atoms with E-state index < -0.39 is 0 Å². The Morgan fingerprint density at radius 1 is 1.30 bits per heavy atom. The second kappa shape index (κ2) is 8.85. The van der Waals surface area contributed by atoms with Crippen molar-refractivity contribution in [2.75, 3.05) is 13.1 Å². The van der Waals surface area contributed by atoms with Gasteiger partial charge in [-0.2, -0.15) is 0 Å². The van der Waals surface area contributed by atoms with Crippen molar-refractivity contribution in [2.24, 2.45) is 0 Å². The van der Waals surface area contributed by atoms with Crippen molar-refractivity contribution in [2.45, 2.75) is 52.5 Å². The van der Waals surface area contributed by atoms with Crippen LogP contribution in [0.25, 0.3) is 0 Å². The Bertz CT molecular complexity index is 419. The molecule has 1 unspecified atom stereocenters. The maximum atomic E-state index is 13.1. The van der Waals surface area contributed by atoms with Gasteiger partial charge in [-0.05, 0) is 38.4 Å². The van der Waals surface area contributed by atoms with Crippen molar-refractivity contribution in [1.82, 2.24) is 4.90 Å². The second-order valence-electron chi connectivity index (χ2n) is 5.33. The molecule has 0 bridgehead atoms. The lowest BCUT2D eigenvalue weighted by atomic mass is 10.1. The Hall–Kier alpha value is -1.22. The molecule has 0 aliphatic heterocycles. The summed E-state index contributed by atoms with van der Waals surface area (Å²) in [6.45, 7) is 8.32. The lowest BCUT2D eigenvalue weighted by Crippen LogP contribution is -2.35. The average Bonchev–Trinajstić information content (AvgIpc) is 2.46. The molecule has 112 valence electrons. The number of unbranched alkanes of at least 4 members (excludes halogenated alkanes) is 1. The molecule has 3 heteroatoms. The molecule has 0 heterocycles. The molecule has 0 aromatic heterocycles. The van der Waals surface area contributed by atoms with Crippen molar-refractivity contribution in [3.8, 4) is 0 Å². The van der Waals surface area contributed by atoms with Crippen LogP contribution >= 0.6 is 0 Å². The van der Waals surface area contributed by atoms with Crippen LogP contribution in [-0.2, 0) is 0 Å². The fourth-order valence-corrected chi connectivity index (χ4v) is 2.22. The Morgan fingerprint density at radius 2 is 2.05 bits per heavy atom. The minimum atomic E-state index is -0.347. The predicted molar refractivity (Wildman–Crippen MR) is 81.6 cm³/mol. The summed E-state index contributed by atoms with van der Waals surface area (Å²) in [7, 11) is 0. The molecular formula is C17H26FNO. The summed E-state index contributed by atoms with van der Waals surface area (Å²) in [5.74, 6) is -0.324. The van der Waals surface area contributed by atoms with Crippen LogP contribution in [0.3, 0.4) is 0 Å². The van der Waals surface area contributed by atoms with E-state index >= 15 is 0 Å². The summed E-state index contributed by atoms with van der Waals surface area (Å²) in [5, 5.41) is 0. The molecule has 1 aromatic rings. The Labute approximate surface area is 122 Å². The molecule has 0 aliphatic carbocycles. The van der Waals surface area contributed by atoms with Gasteiger partial charge in [0, 0.05) is 24.6 Å². The van der Waals surface area contributed by atoms with Gasteiger partial charge in [0.15, 0.2) is 5.78 Å². The zero-order chi connectivity index (χ0) is 15.0. The van der Waals surface area contributed by atoms with Crippen LogP contribution in [0.15, 0.2) is 24.3 Å². The second-order valence-corrected chi connectivity index (χ2v) is 5.33. The van der Waals surface area contributed by atoms with E-state index in [-0.39, 0.29) is 11.6 Å². The van der Waals surface area contributed by atoms with E-state index in [4.69, 9.17) is 0 Å². The highest BCUT2D eigenvalue weighted by Crippen LogP contribution is 2.10. The van der Waals surface area contributed by atoms with E-state index in [2.05, 4.69) is 25.7 Å². The first-order valence-electron chi connectivity index (χ1n) is 7.61. The third-order valence-electron chi connectivity index (χ3n) is 3.79. The quantitative estimate of drug-likeness (QED) is 0.628. The number of hydrogen-bond donors (Lipinski definition) is 0. The third-order valence-corrected chi connectivity index (χ3v) is 3.79. The maximum Gasteiger partial charge on any atom is 0.164 e. The average molecular weight is 279 g/mol. The zero-order valence-corrected chi connectivity index (χ0v) is 12.9. The number of carbonyl (C=O) groups is 1. The van der Waals surface area contributed by atoms with Crippen molar-refractivity contribution in [3.63, 3.8) is 0 Å². The molecule has 0 saturated carbocycles. The molecule has 0 radical (unpaired) electrons. The topological polar surface area (TPSA) is 20.3 Å². The third kappa shape index (κ3) is 5.41. The molecule has 1 aromatic carbocycles. The van der Waals surface area contributed by atoms with Crippen LogP contribution in [0.4, 0.5) is 4.39 Å². The summed E-state index contributed by atoms with van der Waals surface area (Å²) in [6, 6.07) is 6.45. The van der Waals surface area contributed by atoms with E-state index in [9.17, 15) is 9.18 Å². The Balaban J connectivity index is 2.55. The van der Waals surface area contributed by atoms with Gasteiger partial charge >= 0.3 is 0 Å². The minimum absolute atomic E-state index is 0.0225. The summed E-state index contributed by atoms with van der Waals surface area (Å²) >= 11 is 0. The minimum Gasteiger partial charge on any atom is -0.300 e. The largest absolute Gasteiger partial charge is 0.300 e. The highest BCUT2D eigenvalue weighted by molar-refractivity contribution is 5.96. The molecule has 2 nitrogen and oxygen atoms in total. The fraction of sp³-hybridized carbons (Fsp3) is 0.588. The molecule has 1 atom stereocenters. The van der Waals surface area contributed by atoms with Gasteiger partial charge < -0.3 is 4.90 Å². The molecule has 0 fully saturated rings. The lowest BCUT2D eigenvalue weighted by Gasteiger charge is -2.28. The SMILES string of the molecule is CCCCN(CCC(=O)c1cccc(F)c1)C(C)CC. The molecule has 0 amide bonds. The molecule has 1 rings (SSSR count). The summed E-state index contributed by atoms with van der Waals surface area (Å²) in [5.41, 5.74) is 0.476. The van der Waals surface area contributed by atoms with Gasteiger partial charge in [-0.25, -0.2) is 4.39 Å². The fourth-order valence-electron chi connectivity index (χ4n) is 2.22. The monoisotopic (exact) mass is 279 g/mol. The predicted octanol–water partition coefficient (Wildman–Crippen LogP) is 4.30. The summed E-state index contributed by atoms with van der Waals surface area (Å²) in [4.78, 5) is 14.5. The van der Waals surface area contributed by atoms with Crippen LogP contribution in [0.2, 0.25) is 0 Å². The van der Waals surface area contributed by atoms with E-state index in [0.717, 1.165) is 32.4 Å². The van der Waals surface area contributed by atoms with Crippen LogP contribution < -0.4 is 0 Å². The smallest absolute Gasteiger partial charge is 0.164 e. The summed E-state index contributed by atoms with van der Waals surface area (Å²) in [6.07, 6.45) is 3.85. The maximum absolute atomic E-state index is 13.1. The van der Waals surface area contributed by atoms with E-state index in [0.29, 0.717) is 18.0 Å². The van der Waals surface area contributed by atoms with Crippen LogP contribution in [0.5, 0.6) is 0 Å². The van der Waals surface area contributed by atoms with Gasteiger partial charge in [0.05, 0.1) is 0 Å². The van der Waals surface area contributed by atoms with Gasteiger partial charge in [-0.3, -0.25) is 4.79 Å². The summed E-state index contributed by atoms with van der Waals surface area (Å²) < 4.78 is 13.1. The molecule has 20 heavy (non-hydrogen) atoms. The van der Waals surface area contributed by atoms with E-state index in [1.54, 1.807) is 12.1 Å². The number of Topliss-reactive ketones (excluding diaryl/α,β-unsaturated/α-hetero) is 1. The highest BCUT2D eigenvalue weighted by atomic mass is 19.1.